The van der Waals surface area contributed by atoms with Gasteiger partial charge in [0.1, 0.15) is 0 Å². The van der Waals surface area contributed by atoms with Crippen molar-refractivity contribution < 1.29 is 0 Å². The van der Waals surface area contributed by atoms with Crippen LogP contribution < -0.4 is 5.73 Å². The predicted molar refractivity (Wildman–Crippen MR) is 76.3 cm³/mol. The summed E-state index contributed by atoms with van der Waals surface area (Å²) in [5, 5.41) is 1.36. The summed E-state index contributed by atoms with van der Waals surface area (Å²) in [6, 6.07) is 8.53. The molecule has 1 aliphatic rings. The van der Waals surface area contributed by atoms with Crippen molar-refractivity contribution in [3.63, 3.8) is 0 Å². The summed E-state index contributed by atoms with van der Waals surface area (Å²) in [4.78, 5) is 8.21. The number of rotatable bonds is 4. The van der Waals surface area contributed by atoms with Gasteiger partial charge in [-0.05, 0) is 43.9 Å². The summed E-state index contributed by atoms with van der Waals surface area (Å²) in [6.07, 6.45) is 4.30. The van der Waals surface area contributed by atoms with Gasteiger partial charge in [-0.3, -0.25) is 4.99 Å². The Balaban J connectivity index is 1.95. The lowest BCUT2D eigenvalue weighted by atomic mass is 9.99. The van der Waals surface area contributed by atoms with Crippen molar-refractivity contribution in [1.82, 2.24) is 4.98 Å². The van der Waals surface area contributed by atoms with Crippen LogP contribution in [0.3, 0.4) is 0 Å². The normalized spacial score (nSPS) is 14.6. The lowest BCUT2D eigenvalue weighted by molar-refractivity contribution is 0.766. The zero-order valence-electron chi connectivity index (χ0n) is 10.6. The molecular formula is C15H19N3. The first kappa shape index (κ1) is 11.5. The van der Waals surface area contributed by atoms with E-state index in [0.717, 1.165) is 38.8 Å². The maximum absolute atomic E-state index is 5.55. The molecule has 1 aromatic heterocycles. The van der Waals surface area contributed by atoms with Gasteiger partial charge in [0.15, 0.2) is 0 Å². The molecule has 0 aliphatic carbocycles. The van der Waals surface area contributed by atoms with Crippen molar-refractivity contribution >= 4 is 16.6 Å². The maximum Gasteiger partial charge on any atom is 0.0638 e. The number of nitrogens with zero attached hydrogens (tertiary/aromatic N) is 1. The van der Waals surface area contributed by atoms with E-state index in [1.165, 1.54) is 27.9 Å². The molecule has 0 saturated heterocycles. The SMILES string of the molecule is NCCCCC1=NCCc2c1[nH]c1ccccc21. The molecule has 0 fully saturated rings. The molecule has 3 heteroatoms. The highest BCUT2D eigenvalue weighted by molar-refractivity contribution is 6.06. The molecule has 0 bridgehead atoms. The first-order valence-corrected chi connectivity index (χ1v) is 6.73. The van der Waals surface area contributed by atoms with Crippen molar-refractivity contribution in [2.24, 2.45) is 10.7 Å². The van der Waals surface area contributed by atoms with Crippen LogP contribution in [0.4, 0.5) is 0 Å². The number of aliphatic imine (C=N–C) groups is 1. The van der Waals surface area contributed by atoms with Crippen molar-refractivity contribution in [3.8, 4) is 0 Å². The van der Waals surface area contributed by atoms with E-state index in [-0.39, 0.29) is 0 Å². The molecule has 0 unspecified atom stereocenters. The number of hydrogen-bond donors (Lipinski definition) is 2. The molecule has 3 N–H and O–H groups in total. The monoisotopic (exact) mass is 241 g/mol. The fourth-order valence-corrected chi connectivity index (χ4v) is 2.73. The highest BCUT2D eigenvalue weighted by Crippen LogP contribution is 2.27. The molecule has 1 aliphatic heterocycles. The average molecular weight is 241 g/mol. The molecule has 0 saturated carbocycles. The van der Waals surface area contributed by atoms with E-state index in [9.17, 15) is 0 Å². The van der Waals surface area contributed by atoms with Gasteiger partial charge in [0, 0.05) is 17.4 Å². The molecule has 94 valence electrons. The topological polar surface area (TPSA) is 54.2 Å². The van der Waals surface area contributed by atoms with Crippen LogP contribution in [-0.2, 0) is 6.42 Å². The zero-order valence-corrected chi connectivity index (χ0v) is 10.6. The Bertz CT molecular complexity index is 580. The highest BCUT2D eigenvalue weighted by atomic mass is 14.8. The maximum atomic E-state index is 5.55. The number of H-pyrrole nitrogens is 1. The van der Waals surface area contributed by atoms with E-state index in [0.29, 0.717) is 0 Å². The van der Waals surface area contributed by atoms with Crippen LogP contribution in [0.5, 0.6) is 0 Å². The molecule has 2 heterocycles. The average Bonchev–Trinajstić information content (AvgIpc) is 2.79. The molecule has 18 heavy (non-hydrogen) atoms. The predicted octanol–water partition coefficient (Wildman–Crippen LogP) is 2.64. The smallest absolute Gasteiger partial charge is 0.0638 e. The second kappa shape index (κ2) is 4.94. The number of para-hydroxylation sites is 1. The first-order valence-electron chi connectivity index (χ1n) is 6.73. The van der Waals surface area contributed by atoms with Crippen LogP contribution in [0.25, 0.3) is 10.9 Å². The standard InChI is InChI=1S/C15H19N3/c16-9-4-3-7-14-15-12(8-10-17-14)11-5-1-2-6-13(11)18-15/h1-2,5-6,18H,3-4,7-10,16H2. The third-order valence-corrected chi connectivity index (χ3v) is 3.63. The largest absolute Gasteiger partial charge is 0.353 e. The Labute approximate surface area is 107 Å². The van der Waals surface area contributed by atoms with Crippen molar-refractivity contribution in [1.29, 1.82) is 0 Å². The first-order chi connectivity index (χ1) is 8.90. The van der Waals surface area contributed by atoms with Gasteiger partial charge < -0.3 is 10.7 Å². The Morgan fingerprint density at radius 2 is 2.11 bits per heavy atom. The minimum absolute atomic E-state index is 0.771. The Kier molecular flexibility index (Phi) is 3.15. The van der Waals surface area contributed by atoms with Crippen molar-refractivity contribution in [2.45, 2.75) is 25.7 Å². The van der Waals surface area contributed by atoms with Gasteiger partial charge >= 0.3 is 0 Å². The molecule has 1 aromatic carbocycles. The van der Waals surface area contributed by atoms with Crippen LogP contribution >= 0.6 is 0 Å². The Morgan fingerprint density at radius 1 is 1.22 bits per heavy atom. The summed E-state index contributed by atoms with van der Waals surface area (Å²) < 4.78 is 0. The lowest BCUT2D eigenvalue weighted by Crippen LogP contribution is -2.13. The van der Waals surface area contributed by atoms with Crippen LogP contribution in [0.15, 0.2) is 29.3 Å². The molecule has 0 radical (unpaired) electrons. The van der Waals surface area contributed by atoms with Gasteiger partial charge in [0.2, 0.25) is 0 Å². The second-order valence-corrected chi connectivity index (χ2v) is 4.85. The van der Waals surface area contributed by atoms with E-state index in [4.69, 9.17) is 5.73 Å². The van der Waals surface area contributed by atoms with Crippen LogP contribution in [0.2, 0.25) is 0 Å². The highest BCUT2D eigenvalue weighted by Gasteiger charge is 2.18. The number of benzene rings is 1. The van der Waals surface area contributed by atoms with Crippen molar-refractivity contribution in [3.05, 3.63) is 35.5 Å². The number of unbranched alkanes of at least 4 members (excludes halogenated alkanes) is 1. The minimum atomic E-state index is 0.771. The van der Waals surface area contributed by atoms with E-state index in [1.54, 1.807) is 0 Å². The van der Waals surface area contributed by atoms with Crippen LogP contribution in [-0.4, -0.2) is 23.8 Å². The van der Waals surface area contributed by atoms with Gasteiger partial charge in [-0.2, -0.15) is 0 Å². The molecule has 3 rings (SSSR count). The van der Waals surface area contributed by atoms with Gasteiger partial charge in [-0.25, -0.2) is 0 Å². The van der Waals surface area contributed by atoms with E-state index >= 15 is 0 Å². The Morgan fingerprint density at radius 3 is 3.00 bits per heavy atom. The van der Waals surface area contributed by atoms with Gasteiger partial charge in [0.25, 0.3) is 0 Å². The molecule has 2 aromatic rings. The van der Waals surface area contributed by atoms with Crippen molar-refractivity contribution in [2.75, 3.05) is 13.1 Å². The minimum Gasteiger partial charge on any atom is -0.353 e. The number of fused-ring (bicyclic) bond motifs is 3. The fraction of sp³-hybridized carbons (Fsp3) is 0.400. The third-order valence-electron chi connectivity index (χ3n) is 3.63. The summed E-state index contributed by atoms with van der Waals surface area (Å²) >= 11 is 0. The van der Waals surface area contributed by atoms with Crippen LogP contribution in [0.1, 0.15) is 30.5 Å². The summed E-state index contributed by atoms with van der Waals surface area (Å²) in [6.45, 7) is 1.69. The van der Waals surface area contributed by atoms with Gasteiger partial charge in [-0.15, -0.1) is 0 Å². The molecular weight excluding hydrogens is 222 g/mol. The molecule has 0 atom stereocenters. The van der Waals surface area contributed by atoms with Crippen LogP contribution in [0, 0.1) is 0 Å². The summed E-state index contributed by atoms with van der Waals surface area (Å²) in [5.74, 6) is 0. The lowest BCUT2D eigenvalue weighted by Gasteiger charge is -2.13. The number of aromatic nitrogens is 1. The molecule has 3 nitrogen and oxygen atoms in total. The second-order valence-electron chi connectivity index (χ2n) is 4.85. The van der Waals surface area contributed by atoms with E-state index in [1.807, 2.05) is 0 Å². The van der Waals surface area contributed by atoms with Gasteiger partial charge in [0.05, 0.1) is 11.4 Å². The van der Waals surface area contributed by atoms with E-state index in [2.05, 4.69) is 34.2 Å². The number of nitrogens with two attached hydrogens (primary N) is 1. The van der Waals surface area contributed by atoms with E-state index < -0.39 is 0 Å². The summed E-state index contributed by atoms with van der Waals surface area (Å²) in [7, 11) is 0. The number of aromatic amines is 1. The molecule has 0 amide bonds. The summed E-state index contributed by atoms with van der Waals surface area (Å²) in [5.41, 5.74) is 10.7. The number of nitrogens with one attached hydrogen (secondary N) is 1. The quantitative estimate of drug-likeness (QED) is 0.794. The number of hydrogen-bond acceptors (Lipinski definition) is 2. The molecule has 0 spiro atoms. The third kappa shape index (κ3) is 1.95. The fourth-order valence-electron chi connectivity index (χ4n) is 2.73. The zero-order chi connectivity index (χ0) is 12.4. The Hall–Kier alpha value is -1.61. The van der Waals surface area contributed by atoms with Gasteiger partial charge in [-0.1, -0.05) is 18.2 Å².